The van der Waals surface area contributed by atoms with Crippen molar-refractivity contribution >= 4 is 29.2 Å². The minimum absolute atomic E-state index is 0.0446. The first-order valence-corrected chi connectivity index (χ1v) is 11.5. The van der Waals surface area contributed by atoms with E-state index in [1.54, 1.807) is 47.3 Å². The Kier molecular flexibility index (Phi) is 6.26. The third-order valence-corrected chi connectivity index (χ3v) is 5.96. The molecule has 0 bridgehead atoms. The second kappa shape index (κ2) is 9.67. The molecular weight excluding hydrogens is 482 g/mol. The zero-order valence-corrected chi connectivity index (χ0v) is 20.0. The summed E-state index contributed by atoms with van der Waals surface area (Å²) >= 11 is 6.23. The molecule has 3 heterocycles. The molecule has 1 atom stereocenters. The quantitative estimate of drug-likeness (QED) is 0.351. The predicted molar refractivity (Wildman–Crippen MR) is 135 cm³/mol. The van der Waals surface area contributed by atoms with Crippen LogP contribution < -0.4 is 21.1 Å². The molecule has 1 aliphatic rings. The number of nitrogens with two attached hydrogens (primary N) is 1. The minimum atomic E-state index is -0.692. The summed E-state index contributed by atoms with van der Waals surface area (Å²) in [5.74, 6) is 1.02. The number of nitrogens with zero attached hydrogens (tertiary/aromatic N) is 4. The third kappa shape index (κ3) is 4.84. The van der Waals surface area contributed by atoms with E-state index in [0.29, 0.717) is 46.7 Å². The Balaban J connectivity index is 1.42. The fourth-order valence-electron chi connectivity index (χ4n) is 3.92. The SMILES string of the molecule is Cn1nccc1-c1cc(Cl)ccc1Oc1ccc(-c2nc(NC3CCNC3=O)cc(C(N)=O)n2)cc1. The second-order valence-corrected chi connectivity index (χ2v) is 8.65. The Morgan fingerprint density at radius 1 is 1.17 bits per heavy atom. The molecule has 4 aromatic rings. The van der Waals surface area contributed by atoms with Gasteiger partial charge in [0, 0.05) is 42.0 Å². The molecule has 11 heteroatoms. The van der Waals surface area contributed by atoms with Gasteiger partial charge in [0.15, 0.2) is 5.82 Å². The van der Waals surface area contributed by atoms with Crippen molar-refractivity contribution in [3.05, 3.63) is 71.5 Å². The van der Waals surface area contributed by atoms with E-state index in [-0.39, 0.29) is 11.6 Å². The van der Waals surface area contributed by atoms with Crippen molar-refractivity contribution in [3.8, 4) is 34.1 Å². The molecule has 5 rings (SSSR count). The number of hydrogen-bond acceptors (Lipinski definition) is 7. The number of benzene rings is 2. The summed E-state index contributed by atoms with van der Waals surface area (Å²) in [5, 5.41) is 10.6. The maximum atomic E-state index is 11.9. The molecule has 10 nitrogen and oxygen atoms in total. The Hall–Kier alpha value is -4.44. The molecule has 0 spiro atoms. The van der Waals surface area contributed by atoms with Crippen LogP contribution in [-0.2, 0) is 11.8 Å². The molecule has 4 N–H and O–H groups in total. The standard InChI is InChI=1S/C25H22ClN7O3/c1-33-20(9-11-29-33)17-12-15(26)4-7-21(17)36-16-5-2-14(3-6-16)24-31-19(23(27)34)13-22(32-24)30-18-8-10-28-25(18)35/h2-7,9,11-13,18H,8,10H2,1H3,(H2,27,34)(H,28,35)(H,30,31,32). The Bertz CT molecular complexity index is 1450. The Labute approximate surface area is 211 Å². The van der Waals surface area contributed by atoms with E-state index in [4.69, 9.17) is 22.1 Å². The van der Waals surface area contributed by atoms with Crippen LogP contribution in [0.15, 0.2) is 60.8 Å². The second-order valence-electron chi connectivity index (χ2n) is 8.21. The van der Waals surface area contributed by atoms with Crippen LogP contribution in [0.3, 0.4) is 0 Å². The van der Waals surface area contributed by atoms with Crippen LogP contribution in [0.4, 0.5) is 5.82 Å². The number of rotatable bonds is 7. The monoisotopic (exact) mass is 503 g/mol. The molecule has 0 saturated carbocycles. The van der Waals surface area contributed by atoms with Crippen molar-refractivity contribution in [2.24, 2.45) is 12.8 Å². The molecular formula is C25H22ClN7O3. The molecule has 36 heavy (non-hydrogen) atoms. The van der Waals surface area contributed by atoms with Crippen molar-refractivity contribution in [2.75, 3.05) is 11.9 Å². The summed E-state index contributed by atoms with van der Waals surface area (Å²) in [7, 11) is 1.84. The molecule has 1 unspecified atom stereocenters. The van der Waals surface area contributed by atoms with Crippen molar-refractivity contribution in [2.45, 2.75) is 12.5 Å². The summed E-state index contributed by atoms with van der Waals surface area (Å²) in [6, 6.07) is 15.4. The fourth-order valence-corrected chi connectivity index (χ4v) is 4.09. The van der Waals surface area contributed by atoms with Crippen LogP contribution in [0.5, 0.6) is 11.5 Å². The molecule has 1 saturated heterocycles. The number of ether oxygens (including phenoxy) is 1. The van der Waals surface area contributed by atoms with Crippen molar-refractivity contribution in [1.29, 1.82) is 0 Å². The van der Waals surface area contributed by atoms with Gasteiger partial charge in [-0.3, -0.25) is 14.3 Å². The van der Waals surface area contributed by atoms with E-state index in [1.807, 2.05) is 19.2 Å². The van der Waals surface area contributed by atoms with E-state index in [1.165, 1.54) is 6.07 Å². The summed E-state index contributed by atoms with van der Waals surface area (Å²) in [4.78, 5) is 32.6. The van der Waals surface area contributed by atoms with Gasteiger partial charge in [-0.15, -0.1) is 0 Å². The average Bonchev–Trinajstić information content (AvgIpc) is 3.48. The van der Waals surface area contributed by atoms with Crippen LogP contribution >= 0.6 is 11.6 Å². The van der Waals surface area contributed by atoms with E-state index < -0.39 is 11.9 Å². The van der Waals surface area contributed by atoms with Crippen LogP contribution in [0.25, 0.3) is 22.6 Å². The maximum absolute atomic E-state index is 11.9. The first kappa shape index (κ1) is 23.3. The van der Waals surface area contributed by atoms with Gasteiger partial charge < -0.3 is 21.1 Å². The van der Waals surface area contributed by atoms with E-state index in [9.17, 15) is 9.59 Å². The lowest BCUT2D eigenvalue weighted by molar-refractivity contribution is -0.119. The molecule has 0 radical (unpaired) electrons. The van der Waals surface area contributed by atoms with Crippen LogP contribution in [0.2, 0.25) is 5.02 Å². The molecule has 2 amide bonds. The maximum Gasteiger partial charge on any atom is 0.267 e. The predicted octanol–water partition coefficient (Wildman–Crippen LogP) is 3.39. The molecule has 182 valence electrons. The van der Waals surface area contributed by atoms with Crippen LogP contribution in [0.1, 0.15) is 16.9 Å². The van der Waals surface area contributed by atoms with Crippen molar-refractivity contribution in [3.63, 3.8) is 0 Å². The highest BCUT2D eigenvalue weighted by molar-refractivity contribution is 6.31. The summed E-state index contributed by atoms with van der Waals surface area (Å²) in [5.41, 5.74) is 7.83. The fraction of sp³-hybridized carbons (Fsp3) is 0.160. The summed E-state index contributed by atoms with van der Waals surface area (Å²) < 4.78 is 7.89. The Morgan fingerprint density at radius 2 is 1.97 bits per heavy atom. The molecule has 0 aliphatic carbocycles. The van der Waals surface area contributed by atoms with E-state index >= 15 is 0 Å². The highest BCUT2D eigenvalue weighted by Crippen LogP contribution is 2.35. The molecule has 1 aliphatic heterocycles. The lowest BCUT2D eigenvalue weighted by Crippen LogP contribution is -2.30. The van der Waals surface area contributed by atoms with Gasteiger partial charge in [-0.2, -0.15) is 5.10 Å². The minimum Gasteiger partial charge on any atom is -0.457 e. The number of primary amides is 1. The average molecular weight is 504 g/mol. The Morgan fingerprint density at radius 3 is 2.64 bits per heavy atom. The lowest BCUT2D eigenvalue weighted by Gasteiger charge is -2.14. The van der Waals surface area contributed by atoms with Gasteiger partial charge in [-0.1, -0.05) is 11.6 Å². The van der Waals surface area contributed by atoms with Crippen LogP contribution in [-0.4, -0.2) is 44.1 Å². The summed E-state index contributed by atoms with van der Waals surface area (Å²) in [6.07, 6.45) is 2.32. The highest BCUT2D eigenvalue weighted by atomic mass is 35.5. The van der Waals surface area contributed by atoms with Gasteiger partial charge in [0.1, 0.15) is 29.1 Å². The van der Waals surface area contributed by atoms with Gasteiger partial charge in [-0.05, 0) is 55.0 Å². The van der Waals surface area contributed by atoms with Gasteiger partial charge in [0.05, 0.1) is 5.69 Å². The molecule has 2 aromatic carbocycles. The lowest BCUT2D eigenvalue weighted by atomic mass is 10.1. The van der Waals surface area contributed by atoms with E-state index in [0.717, 1.165) is 11.3 Å². The zero-order valence-electron chi connectivity index (χ0n) is 19.2. The highest BCUT2D eigenvalue weighted by Gasteiger charge is 2.25. The van der Waals surface area contributed by atoms with Gasteiger partial charge in [-0.25, -0.2) is 9.97 Å². The topological polar surface area (TPSA) is 137 Å². The number of carbonyl (C=O) groups is 2. The molecule has 1 fully saturated rings. The number of hydrogen-bond donors (Lipinski definition) is 3. The first-order valence-electron chi connectivity index (χ1n) is 11.2. The van der Waals surface area contributed by atoms with Gasteiger partial charge in [0.25, 0.3) is 5.91 Å². The van der Waals surface area contributed by atoms with Gasteiger partial charge >= 0.3 is 0 Å². The van der Waals surface area contributed by atoms with Crippen LogP contribution in [0, 0.1) is 0 Å². The number of amides is 2. The largest absolute Gasteiger partial charge is 0.457 e. The van der Waals surface area contributed by atoms with Crippen molar-refractivity contribution < 1.29 is 14.3 Å². The third-order valence-electron chi connectivity index (χ3n) is 5.73. The number of nitrogens with one attached hydrogen (secondary N) is 2. The number of halogens is 1. The van der Waals surface area contributed by atoms with E-state index in [2.05, 4.69) is 25.7 Å². The molecule has 2 aromatic heterocycles. The normalized spacial score (nSPS) is 14.9. The number of anilines is 1. The number of carbonyl (C=O) groups excluding carboxylic acids is 2. The first-order chi connectivity index (χ1) is 17.4. The number of aryl methyl sites for hydroxylation is 1. The smallest absolute Gasteiger partial charge is 0.267 e. The zero-order chi connectivity index (χ0) is 25.2. The van der Waals surface area contributed by atoms with Gasteiger partial charge in [0.2, 0.25) is 5.91 Å². The number of aromatic nitrogens is 4. The van der Waals surface area contributed by atoms with Crippen molar-refractivity contribution in [1.82, 2.24) is 25.1 Å². The summed E-state index contributed by atoms with van der Waals surface area (Å²) in [6.45, 7) is 0.578.